The van der Waals surface area contributed by atoms with Crippen LogP contribution in [0.3, 0.4) is 0 Å². The van der Waals surface area contributed by atoms with Crippen LogP contribution < -0.4 is 20.3 Å². The van der Waals surface area contributed by atoms with Crippen LogP contribution >= 0.6 is 0 Å². The second kappa shape index (κ2) is 8.58. The summed E-state index contributed by atoms with van der Waals surface area (Å²) in [6.45, 7) is 5.16. The average molecular weight is 425 g/mol. The Bertz CT molecular complexity index is 1080. The number of nitrogens with zero attached hydrogens (tertiary/aromatic N) is 5. The molecule has 2 aromatic heterocycles. The third-order valence-electron chi connectivity index (χ3n) is 5.15. The zero-order valence-corrected chi connectivity index (χ0v) is 17.6. The molecule has 4 rings (SSSR count). The third-order valence-corrected chi connectivity index (χ3v) is 5.15. The van der Waals surface area contributed by atoms with Crippen LogP contribution in [-0.2, 0) is 17.9 Å². The van der Waals surface area contributed by atoms with Gasteiger partial charge in [-0.25, -0.2) is 9.37 Å². The molecule has 1 amide bonds. The van der Waals surface area contributed by atoms with Gasteiger partial charge in [0.25, 0.3) is 0 Å². The van der Waals surface area contributed by atoms with E-state index >= 15 is 0 Å². The van der Waals surface area contributed by atoms with Crippen LogP contribution in [0.15, 0.2) is 36.7 Å². The maximum Gasteiger partial charge on any atom is 0.246 e. The van der Waals surface area contributed by atoms with Crippen LogP contribution in [-0.4, -0.2) is 45.4 Å². The first kappa shape index (κ1) is 20.6. The van der Waals surface area contributed by atoms with Gasteiger partial charge in [0.1, 0.15) is 29.9 Å². The second-order valence-corrected chi connectivity index (χ2v) is 7.37. The van der Waals surface area contributed by atoms with E-state index < -0.39 is 0 Å². The zero-order valence-electron chi connectivity index (χ0n) is 17.6. The molecule has 3 aromatic rings. The summed E-state index contributed by atoms with van der Waals surface area (Å²) in [5.74, 6) is 1.43. The van der Waals surface area contributed by atoms with E-state index in [9.17, 15) is 9.18 Å². The maximum absolute atomic E-state index is 12.9. The van der Waals surface area contributed by atoms with Crippen molar-refractivity contribution in [2.24, 2.45) is 0 Å². The molecule has 9 nitrogen and oxygen atoms in total. The summed E-state index contributed by atoms with van der Waals surface area (Å²) in [6.07, 6.45) is 3.69. The number of carbonyl (C=O) groups is 1. The Kier molecular flexibility index (Phi) is 5.70. The number of carbonyl (C=O) groups excluding carboxylic acids is 1. The number of ether oxygens (including phenoxy) is 1. The summed E-state index contributed by atoms with van der Waals surface area (Å²) in [4.78, 5) is 22.9. The molecule has 0 spiro atoms. The number of nitrogens with one attached hydrogen (secondary N) is 2. The molecule has 0 radical (unpaired) electrons. The molecule has 1 aliphatic heterocycles. The van der Waals surface area contributed by atoms with E-state index in [1.54, 1.807) is 23.0 Å². The quantitative estimate of drug-likeness (QED) is 0.601. The van der Waals surface area contributed by atoms with Crippen LogP contribution in [0.1, 0.15) is 18.2 Å². The van der Waals surface area contributed by atoms with Crippen molar-refractivity contribution in [3.63, 3.8) is 0 Å². The number of rotatable bonds is 7. The fraction of sp³-hybridized carbons (Fsp3) is 0.333. The van der Waals surface area contributed by atoms with E-state index in [1.165, 1.54) is 12.1 Å². The van der Waals surface area contributed by atoms with Gasteiger partial charge in [-0.2, -0.15) is 10.1 Å². The summed E-state index contributed by atoms with van der Waals surface area (Å²) >= 11 is 0. The predicted octanol–water partition coefficient (Wildman–Crippen LogP) is 2.59. The molecule has 31 heavy (non-hydrogen) atoms. The first-order chi connectivity index (χ1) is 14.9. The Labute approximate surface area is 179 Å². The fourth-order valence-electron chi connectivity index (χ4n) is 3.21. The number of hydrogen-bond donors (Lipinski definition) is 2. The van der Waals surface area contributed by atoms with Crippen molar-refractivity contribution in [1.82, 2.24) is 19.7 Å². The van der Waals surface area contributed by atoms with E-state index in [0.717, 1.165) is 5.56 Å². The molecule has 0 saturated carbocycles. The Morgan fingerprint density at radius 2 is 2.03 bits per heavy atom. The van der Waals surface area contributed by atoms with Crippen molar-refractivity contribution in [2.45, 2.75) is 33.0 Å². The average Bonchev–Trinajstić information content (AvgIpc) is 3.21. The first-order valence-electron chi connectivity index (χ1n) is 9.96. The zero-order chi connectivity index (χ0) is 22.0. The molecule has 0 fully saturated rings. The lowest BCUT2D eigenvalue weighted by atomic mass is 10.2. The number of anilines is 3. The second-order valence-electron chi connectivity index (χ2n) is 7.37. The molecule has 1 atom stereocenters. The van der Waals surface area contributed by atoms with Crippen molar-refractivity contribution in [1.29, 1.82) is 0 Å². The van der Waals surface area contributed by atoms with Gasteiger partial charge in [0.2, 0.25) is 11.9 Å². The summed E-state index contributed by atoms with van der Waals surface area (Å²) in [5, 5.41) is 10.4. The Hall–Kier alpha value is -3.69. The molecule has 1 aliphatic rings. The summed E-state index contributed by atoms with van der Waals surface area (Å²) in [7, 11) is 1.84. The van der Waals surface area contributed by atoms with Crippen molar-refractivity contribution in [3.8, 4) is 5.75 Å². The van der Waals surface area contributed by atoms with Crippen molar-refractivity contribution in [2.75, 3.05) is 29.2 Å². The molecule has 3 heterocycles. The lowest BCUT2D eigenvalue weighted by Crippen LogP contribution is -2.44. The van der Waals surface area contributed by atoms with E-state index in [-0.39, 0.29) is 17.8 Å². The molecular weight excluding hydrogens is 401 g/mol. The van der Waals surface area contributed by atoms with Gasteiger partial charge in [0.15, 0.2) is 5.82 Å². The van der Waals surface area contributed by atoms with Crippen molar-refractivity contribution >= 4 is 23.4 Å². The van der Waals surface area contributed by atoms with Crippen molar-refractivity contribution in [3.05, 3.63) is 53.7 Å². The third kappa shape index (κ3) is 4.57. The summed E-state index contributed by atoms with van der Waals surface area (Å²) in [5.41, 5.74) is 2.31. The molecule has 10 heteroatoms. The SMILES string of the molecule is Cc1nc(NCc2cnn(CCOc3ccc(F)cc3)c2)nc2c1NC(=O)[C@H](C)N2C. The lowest BCUT2D eigenvalue weighted by Gasteiger charge is -2.32. The highest BCUT2D eigenvalue weighted by atomic mass is 19.1. The Balaban J connectivity index is 1.34. The van der Waals surface area contributed by atoms with Crippen LogP contribution in [0, 0.1) is 12.7 Å². The molecule has 2 N–H and O–H groups in total. The number of aryl methyl sites for hydroxylation is 1. The minimum Gasteiger partial charge on any atom is -0.492 e. The van der Waals surface area contributed by atoms with Gasteiger partial charge in [-0.3, -0.25) is 9.48 Å². The van der Waals surface area contributed by atoms with Crippen LogP contribution in [0.4, 0.5) is 21.8 Å². The smallest absolute Gasteiger partial charge is 0.246 e. The molecule has 0 bridgehead atoms. The van der Waals surface area contributed by atoms with E-state index in [4.69, 9.17) is 4.74 Å². The standard InChI is InChI=1S/C21H24FN7O2/c1-13-18-19(28(3)14(2)20(30)26-18)27-21(25-13)23-10-15-11-24-29(12-15)8-9-31-17-6-4-16(22)5-7-17/h4-7,11-12,14H,8-10H2,1-3H3,(H,26,30)(H,23,25,27)/t14-/m0/s1. The predicted molar refractivity (Wildman–Crippen MR) is 115 cm³/mol. The highest BCUT2D eigenvalue weighted by molar-refractivity contribution is 6.03. The molecule has 0 unspecified atom stereocenters. The Morgan fingerprint density at radius 1 is 1.26 bits per heavy atom. The topological polar surface area (TPSA) is 97.2 Å². The Morgan fingerprint density at radius 3 is 2.81 bits per heavy atom. The minimum absolute atomic E-state index is 0.0711. The molecular formula is C21H24FN7O2. The highest BCUT2D eigenvalue weighted by Gasteiger charge is 2.30. The van der Waals surface area contributed by atoms with E-state index in [0.29, 0.717) is 48.6 Å². The molecule has 1 aromatic carbocycles. The fourth-order valence-corrected chi connectivity index (χ4v) is 3.21. The van der Waals surface area contributed by atoms with Gasteiger partial charge in [0, 0.05) is 25.4 Å². The monoisotopic (exact) mass is 425 g/mol. The normalized spacial score (nSPS) is 15.4. The molecule has 0 aliphatic carbocycles. The maximum atomic E-state index is 12.9. The number of likely N-dealkylation sites (N-methyl/N-ethyl adjacent to an activating group) is 1. The number of aromatic nitrogens is 4. The number of halogens is 1. The van der Waals surface area contributed by atoms with Gasteiger partial charge in [-0.1, -0.05) is 0 Å². The van der Waals surface area contributed by atoms with Crippen LogP contribution in [0.2, 0.25) is 0 Å². The van der Waals surface area contributed by atoms with Crippen LogP contribution in [0.5, 0.6) is 5.75 Å². The van der Waals surface area contributed by atoms with Gasteiger partial charge in [-0.05, 0) is 38.1 Å². The summed E-state index contributed by atoms with van der Waals surface area (Å²) in [6, 6.07) is 5.62. The molecule has 162 valence electrons. The number of benzene rings is 1. The lowest BCUT2D eigenvalue weighted by molar-refractivity contribution is -0.117. The molecule has 0 saturated heterocycles. The number of hydrogen-bond acceptors (Lipinski definition) is 7. The van der Waals surface area contributed by atoms with Gasteiger partial charge >= 0.3 is 0 Å². The number of amides is 1. The van der Waals surface area contributed by atoms with Gasteiger partial charge in [0.05, 0.1) is 18.4 Å². The highest BCUT2D eigenvalue weighted by Crippen LogP contribution is 2.32. The van der Waals surface area contributed by atoms with E-state index in [1.807, 2.05) is 32.0 Å². The first-order valence-corrected chi connectivity index (χ1v) is 9.96. The largest absolute Gasteiger partial charge is 0.492 e. The van der Waals surface area contributed by atoms with E-state index in [2.05, 4.69) is 25.7 Å². The minimum atomic E-state index is -0.301. The van der Waals surface area contributed by atoms with Gasteiger partial charge in [-0.15, -0.1) is 0 Å². The van der Waals surface area contributed by atoms with Crippen molar-refractivity contribution < 1.29 is 13.9 Å². The van der Waals surface area contributed by atoms with Gasteiger partial charge < -0.3 is 20.3 Å². The number of fused-ring (bicyclic) bond motifs is 1. The van der Waals surface area contributed by atoms with Crippen LogP contribution in [0.25, 0.3) is 0 Å². The summed E-state index contributed by atoms with van der Waals surface area (Å²) < 4.78 is 20.3.